The van der Waals surface area contributed by atoms with Crippen LogP contribution >= 0.6 is 0 Å². The van der Waals surface area contributed by atoms with Gasteiger partial charge < -0.3 is 4.43 Å². The minimum atomic E-state index is -1.11. The SMILES string of the molecule is CCC(=O)O[SiH](C)CC. The van der Waals surface area contributed by atoms with E-state index in [1.807, 2.05) is 13.5 Å². The van der Waals surface area contributed by atoms with Gasteiger partial charge in [-0.3, -0.25) is 4.79 Å². The molecule has 0 radical (unpaired) electrons. The van der Waals surface area contributed by atoms with E-state index < -0.39 is 9.04 Å². The Bertz CT molecular complexity index is 93.1. The van der Waals surface area contributed by atoms with Gasteiger partial charge in [0.15, 0.2) is 0 Å². The van der Waals surface area contributed by atoms with Crippen molar-refractivity contribution in [2.24, 2.45) is 0 Å². The molecule has 0 N–H and O–H groups in total. The molecule has 0 aromatic heterocycles. The Kier molecular flexibility index (Phi) is 4.40. The van der Waals surface area contributed by atoms with Crippen LogP contribution in [-0.2, 0) is 9.22 Å². The lowest BCUT2D eigenvalue weighted by Crippen LogP contribution is -2.16. The van der Waals surface area contributed by atoms with Crippen LogP contribution in [0.4, 0.5) is 0 Å². The van der Waals surface area contributed by atoms with Crippen LogP contribution in [0.5, 0.6) is 0 Å². The third kappa shape index (κ3) is 4.21. The Balaban J connectivity index is 3.34. The van der Waals surface area contributed by atoms with Crippen LogP contribution in [0.25, 0.3) is 0 Å². The summed E-state index contributed by atoms with van der Waals surface area (Å²) in [5.41, 5.74) is 0. The van der Waals surface area contributed by atoms with E-state index in [4.69, 9.17) is 4.43 Å². The summed E-state index contributed by atoms with van der Waals surface area (Å²) in [6.45, 7) is 5.91. The fourth-order valence-corrected chi connectivity index (χ4v) is 1.17. The van der Waals surface area contributed by atoms with E-state index in [2.05, 4.69) is 6.92 Å². The fourth-order valence-electron chi connectivity index (χ4n) is 0.391. The molecular weight excluding hydrogens is 132 g/mol. The molecule has 0 bridgehead atoms. The maximum atomic E-state index is 10.6. The molecule has 9 heavy (non-hydrogen) atoms. The highest BCUT2D eigenvalue weighted by Gasteiger charge is 2.05. The lowest BCUT2D eigenvalue weighted by molar-refractivity contribution is -0.134. The Labute approximate surface area is 57.9 Å². The van der Waals surface area contributed by atoms with E-state index in [-0.39, 0.29) is 5.97 Å². The largest absolute Gasteiger partial charge is 0.522 e. The topological polar surface area (TPSA) is 26.3 Å². The van der Waals surface area contributed by atoms with Gasteiger partial charge in [-0.1, -0.05) is 13.8 Å². The molecule has 0 saturated heterocycles. The maximum absolute atomic E-state index is 10.6. The van der Waals surface area contributed by atoms with Gasteiger partial charge in [-0.15, -0.1) is 0 Å². The zero-order chi connectivity index (χ0) is 7.28. The standard InChI is InChI=1S/C6H14O2Si/c1-4-6(7)8-9(3)5-2/h9H,4-5H2,1-3H3. The van der Waals surface area contributed by atoms with Crippen LogP contribution in [0.1, 0.15) is 20.3 Å². The van der Waals surface area contributed by atoms with Crippen LogP contribution in [0, 0.1) is 0 Å². The normalized spacial score (nSPS) is 12.8. The van der Waals surface area contributed by atoms with Crippen molar-refractivity contribution in [2.75, 3.05) is 0 Å². The van der Waals surface area contributed by atoms with Crippen molar-refractivity contribution < 1.29 is 9.22 Å². The maximum Gasteiger partial charge on any atom is 0.292 e. The lowest BCUT2D eigenvalue weighted by atomic mass is 10.5. The average molecular weight is 146 g/mol. The molecule has 0 aromatic rings. The summed E-state index contributed by atoms with van der Waals surface area (Å²) >= 11 is 0. The number of hydrogen-bond donors (Lipinski definition) is 0. The van der Waals surface area contributed by atoms with E-state index in [1.165, 1.54) is 0 Å². The lowest BCUT2D eigenvalue weighted by Gasteiger charge is -2.07. The Morgan fingerprint density at radius 3 is 2.44 bits per heavy atom. The molecule has 1 unspecified atom stereocenters. The van der Waals surface area contributed by atoms with Gasteiger partial charge in [0.1, 0.15) is 0 Å². The smallest absolute Gasteiger partial charge is 0.292 e. The molecule has 3 heteroatoms. The summed E-state index contributed by atoms with van der Waals surface area (Å²) < 4.78 is 5.05. The quantitative estimate of drug-likeness (QED) is 0.561. The fraction of sp³-hybridized carbons (Fsp3) is 0.833. The number of hydrogen-bond acceptors (Lipinski definition) is 2. The van der Waals surface area contributed by atoms with Crippen molar-refractivity contribution in [3.05, 3.63) is 0 Å². The van der Waals surface area contributed by atoms with Crippen molar-refractivity contribution in [3.8, 4) is 0 Å². The van der Waals surface area contributed by atoms with Gasteiger partial charge >= 0.3 is 0 Å². The first-order valence-corrected chi connectivity index (χ1v) is 5.84. The summed E-state index contributed by atoms with van der Waals surface area (Å²) in [4.78, 5) is 10.6. The number of carbonyl (C=O) groups is 1. The van der Waals surface area contributed by atoms with Crippen molar-refractivity contribution in [2.45, 2.75) is 32.9 Å². The number of rotatable bonds is 3. The molecule has 0 aliphatic rings. The highest BCUT2D eigenvalue weighted by atomic mass is 28.3. The van der Waals surface area contributed by atoms with E-state index in [1.54, 1.807) is 0 Å². The van der Waals surface area contributed by atoms with Gasteiger partial charge in [-0.25, -0.2) is 0 Å². The average Bonchev–Trinajstić information content (AvgIpc) is 1.87. The van der Waals surface area contributed by atoms with Gasteiger partial charge in [0.05, 0.1) is 0 Å². The summed E-state index contributed by atoms with van der Waals surface area (Å²) in [6.07, 6.45) is 0.511. The van der Waals surface area contributed by atoms with Crippen LogP contribution in [-0.4, -0.2) is 15.0 Å². The Hall–Kier alpha value is -0.313. The molecule has 0 aliphatic carbocycles. The summed E-state index contributed by atoms with van der Waals surface area (Å²) in [7, 11) is -1.11. The molecular formula is C6H14O2Si. The molecule has 54 valence electrons. The van der Waals surface area contributed by atoms with Gasteiger partial charge in [-0.05, 0) is 12.6 Å². The molecule has 0 fully saturated rings. The van der Waals surface area contributed by atoms with E-state index in [9.17, 15) is 4.79 Å². The molecule has 0 rings (SSSR count). The second kappa shape index (κ2) is 4.55. The molecule has 0 aromatic carbocycles. The second-order valence-electron chi connectivity index (χ2n) is 2.06. The van der Waals surface area contributed by atoms with E-state index in [0.717, 1.165) is 6.04 Å². The third-order valence-corrected chi connectivity index (χ3v) is 3.01. The second-order valence-corrected chi connectivity index (χ2v) is 4.74. The highest BCUT2D eigenvalue weighted by Crippen LogP contribution is 1.94. The zero-order valence-corrected chi connectivity index (χ0v) is 7.46. The molecule has 0 aliphatic heterocycles. The van der Waals surface area contributed by atoms with Gasteiger partial charge in [0.25, 0.3) is 5.97 Å². The van der Waals surface area contributed by atoms with Crippen molar-refractivity contribution >= 4 is 15.0 Å². The predicted molar refractivity (Wildman–Crippen MR) is 39.9 cm³/mol. The van der Waals surface area contributed by atoms with Crippen molar-refractivity contribution in [3.63, 3.8) is 0 Å². The van der Waals surface area contributed by atoms with E-state index >= 15 is 0 Å². The predicted octanol–water partition coefficient (Wildman–Crippen LogP) is 1.31. The zero-order valence-electron chi connectivity index (χ0n) is 6.31. The molecule has 2 nitrogen and oxygen atoms in total. The van der Waals surface area contributed by atoms with E-state index in [0.29, 0.717) is 6.42 Å². The first kappa shape index (κ1) is 8.69. The van der Waals surface area contributed by atoms with Gasteiger partial charge in [0.2, 0.25) is 9.04 Å². The molecule has 0 amide bonds. The minimum Gasteiger partial charge on any atom is -0.522 e. The van der Waals surface area contributed by atoms with Crippen molar-refractivity contribution in [1.29, 1.82) is 0 Å². The first-order valence-electron chi connectivity index (χ1n) is 3.40. The van der Waals surface area contributed by atoms with Crippen LogP contribution in [0.3, 0.4) is 0 Å². The summed E-state index contributed by atoms with van der Waals surface area (Å²) in [6, 6.07) is 1.03. The van der Waals surface area contributed by atoms with Crippen LogP contribution < -0.4 is 0 Å². The first-order chi connectivity index (χ1) is 4.20. The van der Waals surface area contributed by atoms with Gasteiger partial charge in [0, 0.05) is 6.42 Å². The minimum absolute atomic E-state index is 0.0454. The molecule has 0 saturated carbocycles. The molecule has 0 heterocycles. The molecule has 0 spiro atoms. The summed E-state index contributed by atoms with van der Waals surface area (Å²) in [5, 5.41) is 0. The third-order valence-electron chi connectivity index (χ3n) is 1.20. The van der Waals surface area contributed by atoms with Crippen molar-refractivity contribution in [1.82, 2.24) is 0 Å². The summed E-state index contributed by atoms with van der Waals surface area (Å²) in [5.74, 6) is -0.0454. The van der Waals surface area contributed by atoms with Crippen LogP contribution in [0.2, 0.25) is 12.6 Å². The van der Waals surface area contributed by atoms with Gasteiger partial charge in [-0.2, -0.15) is 0 Å². The number of carbonyl (C=O) groups excluding carboxylic acids is 1. The highest BCUT2D eigenvalue weighted by molar-refractivity contribution is 6.52. The Morgan fingerprint density at radius 1 is 1.56 bits per heavy atom. The monoisotopic (exact) mass is 146 g/mol. The Morgan fingerprint density at radius 2 is 2.11 bits per heavy atom. The van der Waals surface area contributed by atoms with Crippen LogP contribution in [0.15, 0.2) is 0 Å². The molecule has 1 atom stereocenters.